The van der Waals surface area contributed by atoms with Crippen LogP contribution < -0.4 is 15.8 Å². The number of nitrogens with one attached hydrogen (secondary N) is 1. The minimum atomic E-state index is -4.81. The molecule has 1 atom stereocenters. The van der Waals surface area contributed by atoms with Crippen LogP contribution in [-0.4, -0.2) is 34.6 Å². The zero-order valence-electron chi connectivity index (χ0n) is 18.9. The van der Waals surface area contributed by atoms with Gasteiger partial charge in [-0.3, -0.25) is 9.59 Å². The molecule has 1 amide bonds. The van der Waals surface area contributed by atoms with Crippen molar-refractivity contribution in [1.29, 1.82) is 0 Å². The van der Waals surface area contributed by atoms with Crippen molar-refractivity contribution in [1.82, 2.24) is 9.88 Å². The molecule has 0 aliphatic rings. The molecule has 7 nitrogen and oxygen atoms in total. The van der Waals surface area contributed by atoms with Gasteiger partial charge in [-0.2, -0.15) is 13.2 Å². The quantitative estimate of drug-likeness (QED) is 0.472. The van der Waals surface area contributed by atoms with Crippen LogP contribution >= 0.6 is 0 Å². The molecule has 12 heteroatoms. The molecule has 0 bridgehead atoms. The molecule has 0 saturated carbocycles. The van der Waals surface area contributed by atoms with Gasteiger partial charge in [-0.15, -0.1) is 0 Å². The molecule has 3 rings (SSSR count). The molecule has 0 fully saturated rings. The summed E-state index contributed by atoms with van der Waals surface area (Å²) in [5.41, 5.74) is -3.24. The fourth-order valence-electron chi connectivity index (χ4n) is 3.57. The van der Waals surface area contributed by atoms with Crippen molar-refractivity contribution >= 4 is 23.3 Å². The Morgan fingerprint density at radius 3 is 2.28 bits per heavy atom. The first kappa shape index (κ1) is 26.4. The highest BCUT2D eigenvalue weighted by Gasteiger charge is 2.36. The highest BCUT2D eigenvalue weighted by Crippen LogP contribution is 2.36. The van der Waals surface area contributed by atoms with E-state index in [9.17, 15) is 41.4 Å². The van der Waals surface area contributed by atoms with Crippen molar-refractivity contribution < 1.29 is 36.6 Å². The number of carbonyl (C=O) groups excluding carboxylic acids is 1. The Balaban J connectivity index is 1.92. The number of nitrogens with zero attached hydrogens (tertiary/aromatic N) is 2. The largest absolute Gasteiger partial charge is 0.480 e. The molecule has 36 heavy (non-hydrogen) atoms. The van der Waals surface area contributed by atoms with E-state index in [1.807, 2.05) is 0 Å². The second kappa shape index (κ2) is 10.2. The monoisotopic (exact) mass is 509 g/mol. The summed E-state index contributed by atoms with van der Waals surface area (Å²) in [6, 6.07) is 7.53. The molecular formula is C24H20F5N3O4. The minimum absolute atomic E-state index is 0.136. The summed E-state index contributed by atoms with van der Waals surface area (Å²) in [5.74, 6) is -5.14. The van der Waals surface area contributed by atoms with E-state index < -0.39 is 58.1 Å². The maximum absolute atomic E-state index is 13.9. The van der Waals surface area contributed by atoms with E-state index >= 15 is 0 Å². The molecule has 0 saturated heterocycles. The lowest BCUT2D eigenvalue weighted by Crippen LogP contribution is -2.43. The van der Waals surface area contributed by atoms with Gasteiger partial charge in [0.05, 0.1) is 5.56 Å². The number of aromatic nitrogens is 1. The topological polar surface area (TPSA) is 91.6 Å². The minimum Gasteiger partial charge on any atom is -0.480 e. The molecule has 2 aromatic carbocycles. The summed E-state index contributed by atoms with van der Waals surface area (Å²) in [4.78, 5) is 37.7. The standard InChI is InChI=1S/C24H20F5N3O4/c1-31-10-9-15(24(27,28)29)20(22(31)34)32(2)14-6-3-5-13(11-14)12-18(23(35)36)30-21(33)19-16(25)7-4-8-17(19)26/h3-11,18H,12H2,1-2H3,(H,30,33)(H,35,36)/t18-/m0/s1. The maximum Gasteiger partial charge on any atom is 0.418 e. The van der Waals surface area contributed by atoms with Gasteiger partial charge in [0.15, 0.2) is 0 Å². The van der Waals surface area contributed by atoms with Gasteiger partial charge in [0.25, 0.3) is 11.5 Å². The van der Waals surface area contributed by atoms with Crippen LogP contribution in [0.3, 0.4) is 0 Å². The number of carbonyl (C=O) groups is 2. The van der Waals surface area contributed by atoms with Crippen LogP contribution in [0.2, 0.25) is 0 Å². The number of amides is 1. The molecule has 0 radical (unpaired) electrons. The van der Waals surface area contributed by atoms with Gasteiger partial charge in [0, 0.05) is 32.4 Å². The third-order valence-corrected chi connectivity index (χ3v) is 5.41. The SMILES string of the molecule is CN(c1cccc(C[C@H](NC(=O)c2c(F)cccc2F)C(=O)O)c1)c1c(C(F)(F)F)ccn(C)c1=O. The summed E-state index contributed by atoms with van der Waals surface area (Å²) in [5, 5.41) is 11.6. The van der Waals surface area contributed by atoms with E-state index in [0.29, 0.717) is 0 Å². The number of benzene rings is 2. The molecular weight excluding hydrogens is 489 g/mol. The lowest BCUT2D eigenvalue weighted by molar-refractivity contribution is -0.139. The first-order valence-electron chi connectivity index (χ1n) is 10.4. The number of aryl methyl sites for hydroxylation is 1. The Kier molecular flexibility index (Phi) is 7.46. The van der Waals surface area contributed by atoms with E-state index in [1.165, 1.54) is 38.4 Å². The van der Waals surface area contributed by atoms with Gasteiger partial charge < -0.3 is 19.9 Å². The average molecular weight is 509 g/mol. The fraction of sp³-hybridized carbons (Fsp3) is 0.208. The summed E-state index contributed by atoms with van der Waals surface area (Å²) >= 11 is 0. The predicted octanol–water partition coefficient (Wildman–Crippen LogP) is 3.88. The molecule has 0 unspecified atom stereocenters. The highest BCUT2D eigenvalue weighted by molar-refractivity contribution is 5.97. The van der Waals surface area contributed by atoms with Gasteiger partial charge in [-0.25, -0.2) is 13.6 Å². The van der Waals surface area contributed by atoms with Crippen LogP contribution in [0, 0.1) is 11.6 Å². The Morgan fingerprint density at radius 1 is 1.08 bits per heavy atom. The summed E-state index contributed by atoms with van der Waals surface area (Å²) in [6.07, 6.45) is -4.18. The van der Waals surface area contributed by atoms with E-state index in [-0.39, 0.29) is 17.7 Å². The van der Waals surface area contributed by atoms with E-state index in [4.69, 9.17) is 0 Å². The zero-order valence-corrected chi connectivity index (χ0v) is 18.9. The number of pyridine rings is 1. The van der Waals surface area contributed by atoms with E-state index in [0.717, 1.165) is 39.9 Å². The van der Waals surface area contributed by atoms with Crippen LogP contribution in [0.5, 0.6) is 0 Å². The Morgan fingerprint density at radius 2 is 1.69 bits per heavy atom. The Bertz CT molecular complexity index is 1350. The lowest BCUT2D eigenvalue weighted by Gasteiger charge is -2.24. The number of alkyl halides is 3. The highest BCUT2D eigenvalue weighted by atomic mass is 19.4. The molecule has 0 aliphatic carbocycles. The van der Waals surface area contributed by atoms with Crippen molar-refractivity contribution in [2.24, 2.45) is 7.05 Å². The van der Waals surface area contributed by atoms with Crippen molar-refractivity contribution in [2.75, 3.05) is 11.9 Å². The number of hydrogen-bond donors (Lipinski definition) is 2. The van der Waals surface area contributed by atoms with Crippen molar-refractivity contribution in [3.63, 3.8) is 0 Å². The number of anilines is 2. The van der Waals surface area contributed by atoms with E-state index in [1.54, 1.807) is 0 Å². The number of halogens is 5. The number of hydrogen-bond acceptors (Lipinski definition) is 4. The van der Waals surface area contributed by atoms with Crippen LogP contribution in [0.1, 0.15) is 21.5 Å². The van der Waals surface area contributed by atoms with Crippen LogP contribution in [0.15, 0.2) is 59.5 Å². The van der Waals surface area contributed by atoms with Crippen LogP contribution in [0.4, 0.5) is 33.3 Å². The molecule has 0 spiro atoms. The zero-order chi connectivity index (χ0) is 26.8. The Labute approximate surface area is 201 Å². The first-order chi connectivity index (χ1) is 16.8. The number of carboxylic acid groups (broad SMARTS) is 1. The van der Waals surface area contributed by atoms with Gasteiger partial charge in [0.1, 0.15) is 28.9 Å². The number of rotatable bonds is 7. The van der Waals surface area contributed by atoms with Gasteiger partial charge >= 0.3 is 12.1 Å². The van der Waals surface area contributed by atoms with Crippen molar-refractivity contribution in [2.45, 2.75) is 18.6 Å². The predicted molar refractivity (Wildman–Crippen MR) is 120 cm³/mol. The van der Waals surface area contributed by atoms with Crippen LogP contribution in [-0.2, 0) is 24.4 Å². The van der Waals surface area contributed by atoms with Crippen molar-refractivity contribution in [3.05, 3.63) is 93.4 Å². The third kappa shape index (κ3) is 5.53. The number of carboxylic acids is 1. The van der Waals surface area contributed by atoms with Gasteiger partial charge in [0.2, 0.25) is 0 Å². The molecule has 3 aromatic rings. The first-order valence-corrected chi connectivity index (χ1v) is 10.4. The molecule has 1 aromatic heterocycles. The number of aliphatic carboxylic acids is 1. The summed E-state index contributed by atoms with van der Waals surface area (Å²) in [6.45, 7) is 0. The van der Waals surface area contributed by atoms with Gasteiger partial charge in [-0.05, 0) is 35.9 Å². The fourth-order valence-corrected chi connectivity index (χ4v) is 3.57. The normalized spacial score (nSPS) is 12.2. The van der Waals surface area contributed by atoms with Crippen molar-refractivity contribution in [3.8, 4) is 0 Å². The van der Waals surface area contributed by atoms with E-state index in [2.05, 4.69) is 5.32 Å². The van der Waals surface area contributed by atoms with Gasteiger partial charge in [-0.1, -0.05) is 18.2 Å². The lowest BCUT2D eigenvalue weighted by atomic mass is 10.0. The summed E-state index contributed by atoms with van der Waals surface area (Å²) in [7, 11) is 2.55. The molecule has 2 N–H and O–H groups in total. The summed E-state index contributed by atoms with van der Waals surface area (Å²) < 4.78 is 69.5. The smallest absolute Gasteiger partial charge is 0.418 e. The second-order valence-corrected chi connectivity index (χ2v) is 7.89. The molecule has 1 heterocycles. The maximum atomic E-state index is 13.9. The Hall–Kier alpha value is -4.22. The second-order valence-electron chi connectivity index (χ2n) is 7.89. The molecule has 190 valence electrons. The molecule has 0 aliphatic heterocycles. The average Bonchev–Trinajstić information content (AvgIpc) is 2.79. The third-order valence-electron chi connectivity index (χ3n) is 5.41. The van der Waals surface area contributed by atoms with Crippen LogP contribution in [0.25, 0.3) is 0 Å².